The Labute approximate surface area is 159 Å². The van der Waals surface area contributed by atoms with Crippen molar-refractivity contribution in [2.45, 2.75) is 59.2 Å². The second-order valence-corrected chi connectivity index (χ2v) is 7.04. The number of halogens is 1. The van der Waals surface area contributed by atoms with E-state index < -0.39 is 0 Å². The van der Waals surface area contributed by atoms with E-state index in [-0.39, 0.29) is 18.5 Å². The van der Waals surface area contributed by atoms with Crippen molar-refractivity contribution in [1.29, 1.82) is 0 Å². The van der Waals surface area contributed by atoms with Crippen molar-refractivity contribution >= 4 is 12.4 Å². The Bertz CT molecular complexity index is 587. The molecule has 0 radical (unpaired) electrons. The van der Waals surface area contributed by atoms with Crippen molar-refractivity contribution < 1.29 is 4.74 Å². The molecule has 0 saturated heterocycles. The number of hydrogen-bond donors (Lipinski definition) is 0. The van der Waals surface area contributed by atoms with E-state index >= 15 is 0 Å². The summed E-state index contributed by atoms with van der Waals surface area (Å²) in [5, 5.41) is 0. The second-order valence-electron chi connectivity index (χ2n) is 7.04. The lowest BCUT2D eigenvalue weighted by Crippen LogP contribution is -2.38. The van der Waals surface area contributed by atoms with Gasteiger partial charge < -0.3 is 4.74 Å². The van der Waals surface area contributed by atoms with Gasteiger partial charge in [0.2, 0.25) is 0 Å². The van der Waals surface area contributed by atoms with E-state index in [1.807, 2.05) is 0 Å². The third kappa shape index (κ3) is 6.72. The third-order valence-electron chi connectivity index (χ3n) is 4.45. The Morgan fingerprint density at radius 3 is 1.92 bits per heavy atom. The fourth-order valence-corrected chi connectivity index (χ4v) is 3.12. The molecule has 0 heterocycles. The maximum Gasteiger partial charge on any atom is 0.125 e. The molecule has 2 aromatic carbocycles. The van der Waals surface area contributed by atoms with Crippen molar-refractivity contribution in [3.8, 4) is 5.75 Å². The van der Waals surface area contributed by atoms with Gasteiger partial charge in [-0.1, -0.05) is 48.0 Å². The number of hydrogen-bond acceptors (Lipinski definition) is 2. The van der Waals surface area contributed by atoms with Gasteiger partial charge in [-0.2, -0.15) is 0 Å². The second kappa shape index (κ2) is 10.5. The summed E-state index contributed by atoms with van der Waals surface area (Å²) in [5.41, 5.74) is 2.50. The van der Waals surface area contributed by atoms with Crippen molar-refractivity contribution in [1.82, 2.24) is 4.90 Å². The quantitative estimate of drug-likeness (QED) is 0.567. The Balaban J connectivity index is 0.00000312. The van der Waals surface area contributed by atoms with Gasteiger partial charge >= 0.3 is 0 Å². The zero-order chi connectivity index (χ0) is 17.5. The van der Waals surface area contributed by atoms with Gasteiger partial charge in [0.1, 0.15) is 11.9 Å². The molecule has 138 valence electrons. The normalized spacial score (nSPS) is 12.3. The Morgan fingerprint density at radius 1 is 0.840 bits per heavy atom. The Kier molecular flexibility index (Phi) is 9.02. The Hall–Kier alpha value is -1.51. The number of ether oxygens (including phenoxy) is 1. The maximum absolute atomic E-state index is 6.34. The summed E-state index contributed by atoms with van der Waals surface area (Å²) in [4.78, 5) is 2.52. The number of benzene rings is 2. The van der Waals surface area contributed by atoms with Crippen LogP contribution in [0.25, 0.3) is 0 Å². The molecule has 0 bridgehead atoms. The zero-order valence-electron chi connectivity index (χ0n) is 16.1. The number of nitrogens with zero attached hydrogens (tertiary/aromatic N) is 1. The van der Waals surface area contributed by atoms with E-state index in [2.05, 4.69) is 94.1 Å². The minimum atomic E-state index is 0. The highest BCUT2D eigenvalue weighted by Gasteiger charge is 2.18. The van der Waals surface area contributed by atoms with E-state index in [1.165, 1.54) is 11.1 Å². The molecule has 0 fully saturated rings. The van der Waals surface area contributed by atoms with Crippen molar-refractivity contribution in [2.75, 3.05) is 6.54 Å². The first kappa shape index (κ1) is 21.5. The van der Waals surface area contributed by atoms with Crippen LogP contribution in [0.4, 0.5) is 0 Å². The van der Waals surface area contributed by atoms with Crippen LogP contribution in [0.2, 0.25) is 0 Å². The molecule has 0 N–H and O–H groups in total. The molecule has 2 rings (SSSR count). The lowest BCUT2D eigenvalue weighted by atomic mass is 10.0. The van der Waals surface area contributed by atoms with Crippen molar-refractivity contribution in [2.24, 2.45) is 0 Å². The molecule has 2 aromatic rings. The summed E-state index contributed by atoms with van der Waals surface area (Å²) in [6.45, 7) is 12.2. The first-order valence-electron chi connectivity index (χ1n) is 9.01. The smallest absolute Gasteiger partial charge is 0.125 e. The molecule has 0 spiro atoms. The molecule has 0 amide bonds. The van der Waals surface area contributed by atoms with Crippen LogP contribution in [0.15, 0.2) is 54.6 Å². The van der Waals surface area contributed by atoms with Crippen LogP contribution in [-0.2, 0) is 0 Å². The molecule has 0 aromatic heterocycles. The average molecular weight is 362 g/mol. The summed E-state index contributed by atoms with van der Waals surface area (Å²) in [6.07, 6.45) is 1.06. The summed E-state index contributed by atoms with van der Waals surface area (Å²) in [5.74, 6) is 0.940. The topological polar surface area (TPSA) is 12.5 Å². The molecule has 0 saturated carbocycles. The summed E-state index contributed by atoms with van der Waals surface area (Å²) >= 11 is 0. The molecular formula is C22H32ClNO. The van der Waals surface area contributed by atoms with Gasteiger partial charge in [0, 0.05) is 25.0 Å². The van der Waals surface area contributed by atoms with Crippen LogP contribution in [0, 0.1) is 6.92 Å². The lowest BCUT2D eigenvalue weighted by molar-refractivity contribution is 0.127. The van der Waals surface area contributed by atoms with E-state index in [4.69, 9.17) is 4.74 Å². The fraction of sp³-hybridized carbons (Fsp3) is 0.455. The first-order chi connectivity index (χ1) is 11.5. The Morgan fingerprint density at radius 2 is 1.40 bits per heavy atom. The van der Waals surface area contributed by atoms with Gasteiger partial charge in [0.15, 0.2) is 0 Å². The monoisotopic (exact) mass is 361 g/mol. The van der Waals surface area contributed by atoms with Crippen LogP contribution in [0.1, 0.15) is 51.3 Å². The summed E-state index contributed by atoms with van der Waals surface area (Å²) in [7, 11) is 0. The van der Waals surface area contributed by atoms with Gasteiger partial charge in [-0.05, 0) is 52.3 Å². The van der Waals surface area contributed by atoms with Crippen LogP contribution in [0.3, 0.4) is 0 Å². The van der Waals surface area contributed by atoms with Gasteiger partial charge in [-0.3, -0.25) is 4.90 Å². The van der Waals surface area contributed by atoms with Gasteiger partial charge in [-0.15, -0.1) is 12.4 Å². The van der Waals surface area contributed by atoms with Crippen LogP contribution in [0.5, 0.6) is 5.75 Å². The minimum absolute atomic E-state index is 0. The van der Waals surface area contributed by atoms with E-state index in [0.717, 1.165) is 18.7 Å². The minimum Gasteiger partial charge on any atom is -0.486 e. The van der Waals surface area contributed by atoms with E-state index in [9.17, 15) is 0 Å². The average Bonchev–Trinajstić information content (AvgIpc) is 2.56. The fourth-order valence-electron chi connectivity index (χ4n) is 3.12. The third-order valence-corrected chi connectivity index (χ3v) is 4.45. The van der Waals surface area contributed by atoms with Gasteiger partial charge in [-0.25, -0.2) is 0 Å². The summed E-state index contributed by atoms with van der Waals surface area (Å²) < 4.78 is 6.34. The predicted octanol–water partition coefficient (Wildman–Crippen LogP) is 6.05. The molecule has 1 atom stereocenters. The van der Waals surface area contributed by atoms with Gasteiger partial charge in [0.05, 0.1) is 0 Å². The maximum atomic E-state index is 6.34. The molecule has 1 unspecified atom stereocenters. The number of aryl methyl sites for hydroxylation is 1. The summed E-state index contributed by atoms with van der Waals surface area (Å²) in [6, 6.07) is 20.0. The molecule has 25 heavy (non-hydrogen) atoms. The van der Waals surface area contributed by atoms with Crippen LogP contribution in [-0.4, -0.2) is 23.5 Å². The highest BCUT2D eigenvalue weighted by Crippen LogP contribution is 2.26. The number of rotatable bonds is 8. The zero-order valence-corrected chi connectivity index (χ0v) is 16.9. The molecule has 0 aliphatic heterocycles. The highest BCUT2D eigenvalue weighted by molar-refractivity contribution is 5.85. The van der Waals surface area contributed by atoms with Crippen LogP contribution >= 0.6 is 12.4 Å². The van der Waals surface area contributed by atoms with Crippen molar-refractivity contribution in [3.63, 3.8) is 0 Å². The lowest BCUT2D eigenvalue weighted by Gasteiger charge is -2.32. The molecule has 0 aliphatic carbocycles. The van der Waals surface area contributed by atoms with Crippen molar-refractivity contribution in [3.05, 3.63) is 65.7 Å². The largest absolute Gasteiger partial charge is 0.486 e. The standard InChI is InChI=1S/C22H31NO.ClH/c1-17(2)23(18(3)4)16-15-22(20-9-7-6-8-10-20)24-21-13-11-19(5)12-14-21;/h6-14,17-18,22H,15-16H2,1-5H3;1H. The SMILES string of the molecule is Cc1ccc(OC(CCN(C(C)C)C(C)C)c2ccccc2)cc1.Cl. The predicted molar refractivity (Wildman–Crippen MR) is 110 cm³/mol. The molecule has 3 heteroatoms. The van der Waals surface area contributed by atoms with E-state index in [0.29, 0.717) is 12.1 Å². The highest BCUT2D eigenvalue weighted by atomic mass is 35.5. The molecule has 0 aliphatic rings. The van der Waals surface area contributed by atoms with Gasteiger partial charge in [0.25, 0.3) is 0 Å². The molecule has 2 nitrogen and oxygen atoms in total. The molecular weight excluding hydrogens is 330 g/mol. The first-order valence-corrected chi connectivity index (χ1v) is 9.01. The van der Waals surface area contributed by atoms with Crippen LogP contribution < -0.4 is 4.74 Å². The van der Waals surface area contributed by atoms with E-state index in [1.54, 1.807) is 0 Å².